The van der Waals surface area contributed by atoms with Crippen LogP contribution in [0.1, 0.15) is 19.9 Å². The molecule has 0 fully saturated rings. The van der Waals surface area contributed by atoms with Gasteiger partial charge in [-0.25, -0.2) is 4.98 Å². The maximum Gasteiger partial charge on any atom is 0.141 e. The molecule has 0 aliphatic heterocycles. The van der Waals surface area contributed by atoms with Crippen molar-refractivity contribution in [3.05, 3.63) is 36.7 Å². The van der Waals surface area contributed by atoms with Gasteiger partial charge in [0.2, 0.25) is 0 Å². The van der Waals surface area contributed by atoms with E-state index in [-0.39, 0.29) is 11.8 Å². The van der Waals surface area contributed by atoms with Gasteiger partial charge in [0.25, 0.3) is 0 Å². The molecule has 5 heteroatoms. The highest BCUT2D eigenvalue weighted by molar-refractivity contribution is 5.81. The SMILES string of the molecule is CC(C)n1c(-c2ccc(O)c(N)c2)nc2cnccc21. The molecular formula is C15H16N4O. The molecule has 0 aliphatic carbocycles. The lowest BCUT2D eigenvalue weighted by atomic mass is 10.1. The molecule has 0 unspecified atom stereocenters. The average molecular weight is 268 g/mol. The van der Waals surface area contributed by atoms with Crippen LogP contribution in [0.25, 0.3) is 22.4 Å². The Bertz CT molecular complexity index is 777. The van der Waals surface area contributed by atoms with Crippen LogP contribution < -0.4 is 5.73 Å². The summed E-state index contributed by atoms with van der Waals surface area (Å²) in [5, 5.41) is 9.55. The fourth-order valence-electron chi connectivity index (χ4n) is 2.37. The number of benzene rings is 1. The van der Waals surface area contributed by atoms with Crippen molar-refractivity contribution < 1.29 is 5.11 Å². The minimum absolute atomic E-state index is 0.0858. The predicted octanol–water partition coefficient (Wildman–Crippen LogP) is 2.97. The van der Waals surface area contributed by atoms with Gasteiger partial charge in [0.1, 0.15) is 17.1 Å². The van der Waals surface area contributed by atoms with E-state index in [4.69, 9.17) is 5.73 Å². The van der Waals surface area contributed by atoms with Crippen LogP contribution in [0.3, 0.4) is 0 Å². The van der Waals surface area contributed by atoms with E-state index in [9.17, 15) is 5.11 Å². The maximum absolute atomic E-state index is 9.55. The summed E-state index contributed by atoms with van der Waals surface area (Å²) in [6.07, 6.45) is 3.51. The van der Waals surface area contributed by atoms with Crippen molar-refractivity contribution in [2.45, 2.75) is 19.9 Å². The summed E-state index contributed by atoms with van der Waals surface area (Å²) < 4.78 is 2.14. The fraction of sp³-hybridized carbons (Fsp3) is 0.200. The van der Waals surface area contributed by atoms with Crippen LogP contribution in [0.4, 0.5) is 5.69 Å². The third-order valence-electron chi connectivity index (χ3n) is 3.29. The number of fused-ring (bicyclic) bond motifs is 1. The Labute approximate surface area is 116 Å². The molecule has 0 radical (unpaired) electrons. The molecule has 2 heterocycles. The number of imidazole rings is 1. The smallest absolute Gasteiger partial charge is 0.141 e. The van der Waals surface area contributed by atoms with Crippen LogP contribution in [0.2, 0.25) is 0 Å². The summed E-state index contributed by atoms with van der Waals surface area (Å²) in [5.41, 5.74) is 8.90. The lowest BCUT2D eigenvalue weighted by Gasteiger charge is -2.13. The average Bonchev–Trinajstić information content (AvgIpc) is 2.81. The van der Waals surface area contributed by atoms with Crippen molar-refractivity contribution in [1.82, 2.24) is 14.5 Å². The predicted molar refractivity (Wildman–Crippen MR) is 79.4 cm³/mol. The minimum Gasteiger partial charge on any atom is -0.506 e. The largest absolute Gasteiger partial charge is 0.506 e. The van der Waals surface area contributed by atoms with E-state index in [1.54, 1.807) is 24.5 Å². The first kappa shape index (κ1) is 12.5. The number of phenolic OH excluding ortho intramolecular Hbond substituents is 1. The van der Waals surface area contributed by atoms with Gasteiger partial charge in [0, 0.05) is 17.8 Å². The van der Waals surface area contributed by atoms with Gasteiger partial charge >= 0.3 is 0 Å². The first-order chi connectivity index (χ1) is 9.58. The molecule has 3 rings (SSSR count). The highest BCUT2D eigenvalue weighted by Gasteiger charge is 2.15. The van der Waals surface area contributed by atoms with Gasteiger partial charge in [0.05, 0.1) is 17.4 Å². The quantitative estimate of drug-likeness (QED) is 0.553. The molecule has 0 bridgehead atoms. The summed E-state index contributed by atoms with van der Waals surface area (Å²) in [4.78, 5) is 8.75. The summed E-state index contributed by atoms with van der Waals surface area (Å²) in [6.45, 7) is 4.21. The normalized spacial score (nSPS) is 11.3. The highest BCUT2D eigenvalue weighted by atomic mass is 16.3. The molecule has 0 aliphatic rings. The Morgan fingerprint density at radius 2 is 2.05 bits per heavy atom. The zero-order chi connectivity index (χ0) is 14.3. The molecule has 0 atom stereocenters. The van der Waals surface area contributed by atoms with Crippen LogP contribution in [0.5, 0.6) is 5.75 Å². The van der Waals surface area contributed by atoms with Crippen LogP contribution in [-0.2, 0) is 0 Å². The van der Waals surface area contributed by atoms with Crippen molar-refractivity contribution in [2.24, 2.45) is 0 Å². The van der Waals surface area contributed by atoms with Crippen molar-refractivity contribution in [1.29, 1.82) is 0 Å². The number of aromatic hydroxyl groups is 1. The first-order valence-corrected chi connectivity index (χ1v) is 6.48. The van der Waals surface area contributed by atoms with E-state index in [1.165, 1.54) is 0 Å². The molecular weight excluding hydrogens is 252 g/mol. The first-order valence-electron chi connectivity index (χ1n) is 6.48. The zero-order valence-corrected chi connectivity index (χ0v) is 11.4. The third-order valence-corrected chi connectivity index (χ3v) is 3.29. The third kappa shape index (κ3) is 1.87. The monoisotopic (exact) mass is 268 g/mol. The highest BCUT2D eigenvalue weighted by Crippen LogP contribution is 2.31. The second-order valence-corrected chi connectivity index (χ2v) is 5.04. The van der Waals surface area contributed by atoms with Crippen molar-refractivity contribution in [3.8, 4) is 17.1 Å². The fourth-order valence-corrected chi connectivity index (χ4v) is 2.37. The van der Waals surface area contributed by atoms with Gasteiger partial charge in [-0.05, 0) is 38.1 Å². The van der Waals surface area contributed by atoms with Gasteiger partial charge in [-0.15, -0.1) is 0 Å². The van der Waals surface area contributed by atoms with E-state index < -0.39 is 0 Å². The van der Waals surface area contributed by atoms with Crippen molar-refractivity contribution in [3.63, 3.8) is 0 Å². The van der Waals surface area contributed by atoms with Crippen LogP contribution in [0.15, 0.2) is 36.7 Å². The molecule has 3 N–H and O–H groups in total. The summed E-state index contributed by atoms with van der Waals surface area (Å²) in [5.74, 6) is 0.914. The number of rotatable bonds is 2. The summed E-state index contributed by atoms with van der Waals surface area (Å²) >= 11 is 0. The number of hydrogen-bond donors (Lipinski definition) is 2. The number of hydrogen-bond acceptors (Lipinski definition) is 4. The Hall–Kier alpha value is -2.56. The molecule has 102 valence electrons. The summed E-state index contributed by atoms with van der Waals surface area (Å²) in [6, 6.07) is 7.36. The molecule has 2 aromatic heterocycles. The zero-order valence-electron chi connectivity index (χ0n) is 11.4. The second-order valence-electron chi connectivity index (χ2n) is 5.04. The van der Waals surface area contributed by atoms with Crippen LogP contribution in [-0.4, -0.2) is 19.6 Å². The van der Waals surface area contributed by atoms with Crippen molar-refractivity contribution in [2.75, 3.05) is 5.73 Å². The van der Waals surface area contributed by atoms with Crippen LogP contribution >= 0.6 is 0 Å². The molecule has 0 saturated heterocycles. The number of nitrogen functional groups attached to an aromatic ring is 1. The van der Waals surface area contributed by atoms with E-state index in [1.807, 2.05) is 12.1 Å². The van der Waals surface area contributed by atoms with Gasteiger partial charge in [0.15, 0.2) is 0 Å². The molecule has 0 spiro atoms. The molecule has 5 nitrogen and oxygen atoms in total. The van der Waals surface area contributed by atoms with Gasteiger partial charge in [-0.1, -0.05) is 0 Å². The second kappa shape index (κ2) is 4.52. The molecule has 3 aromatic rings. The van der Waals surface area contributed by atoms with E-state index in [0.29, 0.717) is 5.69 Å². The number of anilines is 1. The minimum atomic E-state index is 0.0858. The standard InChI is InChI=1S/C15H16N4O/c1-9(2)19-13-5-6-17-8-12(13)18-15(19)10-3-4-14(20)11(16)7-10/h3-9,20H,16H2,1-2H3. The van der Waals surface area contributed by atoms with Gasteiger partial charge in [-0.3, -0.25) is 4.98 Å². The van der Waals surface area contributed by atoms with E-state index in [2.05, 4.69) is 28.4 Å². The Morgan fingerprint density at radius 1 is 1.25 bits per heavy atom. The Balaban J connectivity index is 2.29. The molecule has 20 heavy (non-hydrogen) atoms. The lowest BCUT2D eigenvalue weighted by Crippen LogP contribution is -2.03. The van der Waals surface area contributed by atoms with Gasteiger partial charge < -0.3 is 15.4 Å². The Kier molecular flexibility index (Phi) is 2.82. The maximum atomic E-state index is 9.55. The number of pyridine rings is 1. The lowest BCUT2D eigenvalue weighted by molar-refractivity contribution is 0.478. The van der Waals surface area contributed by atoms with Crippen LogP contribution in [0, 0.1) is 0 Å². The molecule has 0 amide bonds. The number of phenols is 1. The number of nitrogens with two attached hydrogens (primary N) is 1. The topological polar surface area (TPSA) is 77.0 Å². The number of aromatic nitrogens is 3. The summed E-state index contributed by atoms with van der Waals surface area (Å²) in [7, 11) is 0. The van der Waals surface area contributed by atoms with E-state index in [0.717, 1.165) is 22.4 Å². The van der Waals surface area contributed by atoms with Crippen molar-refractivity contribution >= 4 is 16.7 Å². The van der Waals surface area contributed by atoms with E-state index >= 15 is 0 Å². The number of nitrogens with zero attached hydrogens (tertiary/aromatic N) is 3. The Morgan fingerprint density at radius 3 is 2.75 bits per heavy atom. The molecule has 1 aromatic carbocycles. The van der Waals surface area contributed by atoms with Gasteiger partial charge in [-0.2, -0.15) is 0 Å². The molecule has 0 saturated carbocycles.